The highest BCUT2D eigenvalue weighted by Gasteiger charge is 2.16. The second-order valence-electron chi connectivity index (χ2n) is 3.97. The smallest absolute Gasteiger partial charge is 0.0641 e. The minimum atomic E-state index is 0.535. The van der Waals surface area contributed by atoms with Crippen LogP contribution < -0.4 is 5.32 Å². The van der Waals surface area contributed by atoms with Crippen molar-refractivity contribution in [2.24, 2.45) is 0 Å². The third kappa shape index (κ3) is 2.57. The fourth-order valence-electron chi connectivity index (χ4n) is 2.03. The third-order valence-electron chi connectivity index (χ3n) is 2.92. The van der Waals surface area contributed by atoms with Gasteiger partial charge in [0.25, 0.3) is 0 Å². The average Bonchev–Trinajstić information content (AvgIpc) is 2.76. The molecular weight excluding hydrogens is 188 g/mol. The Balaban J connectivity index is 1.96. The number of piperidine rings is 1. The van der Waals surface area contributed by atoms with Crippen molar-refractivity contribution in [2.75, 3.05) is 13.1 Å². The summed E-state index contributed by atoms with van der Waals surface area (Å²) in [6.07, 6.45) is 6.97. The second-order valence-corrected chi connectivity index (χ2v) is 3.97. The summed E-state index contributed by atoms with van der Waals surface area (Å²) in [6, 6.07) is 2.13. The van der Waals surface area contributed by atoms with Gasteiger partial charge in [-0.15, -0.1) is 0 Å². The van der Waals surface area contributed by atoms with Crippen molar-refractivity contribution in [1.82, 2.24) is 15.1 Å². The molecule has 0 aromatic carbocycles. The summed E-state index contributed by atoms with van der Waals surface area (Å²) in [5.41, 5.74) is 1.33. The minimum absolute atomic E-state index is 0.535. The van der Waals surface area contributed by atoms with Crippen LogP contribution >= 0.6 is 0 Å². The van der Waals surface area contributed by atoms with E-state index in [1.54, 1.807) is 0 Å². The molecule has 0 bridgehead atoms. The molecule has 4 heteroatoms. The van der Waals surface area contributed by atoms with Gasteiger partial charge in [-0.1, -0.05) is 0 Å². The molecule has 4 nitrogen and oxygen atoms in total. The zero-order valence-corrected chi connectivity index (χ0v) is 8.82. The maximum Gasteiger partial charge on any atom is 0.0641 e. The number of nitrogens with one attached hydrogen (secondary N) is 1. The number of hydrogen-bond donors (Lipinski definition) is 1. The van der Waals surface area contributed by atoms with Crippen LogP contribution in [0.3, 0.4) is 0 Å². The van der Waals surface area contributed by atoms with Crippen LogP contribution in [0.5, 0.6) is 0 Å². The van der Waals surface area contributed by atoms with E-state index in [4.69, 9.17) is 5.26 Å². The largest absolute Gasteiger partial charge is 0.317 e. The zero-order chi connectivity index (χ0) is 10.5. The summed E-state index contributed by atoms with van der Waals surface area (Å²) in [5.74, 6) is 0.655. The molecule has 2 rings (SSSR count). The molecule has 0 radical (unpaired) electrons. The van der Waals surface area contributed by atoms with Crippen LogP contribution in [0.4, 0.5) is 0 Å². The van der Waals surface area contributed by atoms with Crippen molar-refractivity contribution in [3.8, 4) is 6.07 Å². The van der Waals surface area contributed by atoms with Crippen molar-refractivity contribution in [2.45, 2.75) is 31.7 Å². The van der Waals surface area contributed by atoms with Gasteiger partial charge in [0.15, 0.2) is 0 Å². The summed E-state index contributed by atoms with van der Waals surface area (Å²) < 4.78 is 1.88. The summed E-state index contributed by atoms with van der Waals surface area (Å²) in [5, 5.41) is 16.1. The molecule has 0 saturated carbocycles. The van der Waals surface area contributed by atoms with Crippen molar-refractivity contribution < 1.29 is 0 Å². The molecule has 1 aliphatic heterocycles. The maximum absolute atomic E-state index is 8.48. The molecular formula is C11H16N4. The Hall–Kier alpha value is -1.34. The van der Waals surface area contributed by atoms with E-state index in [0.29, 0.717) is 18.9 Å². The molecule has 2 heterocycles. The number of hydrogen-bond acceptors (Lipinski definition) is 3. The van der Waals surface area contributed by atoms with E-state index in [-0.39, 0.29) is 0 Å². The Morgan fingerprint density at radius 3 is 3.07 bits per heavy atom. The van der Waals surface area contributed by atoms with Crippen LogP contribution in [0.25, 0.3) is 0 Å². The monoisotopic (exact) mass is 204 g/mol. The van der Waals surface area contributed by atoms with Gasteiger partial charge in [-0.3, -0.25) is 4.68 Å². The number of nitriles is 1. The normalized spacial score (nSPS) is 17.5. The SMILES string of the molecule is N#CCCn1cc(C2CCNCC2)cn1. The van der Waals surface area contributed by atoms with Gasteiger partial charge < -0.3 is 5.32 Å². The predicted octanol–water partition coefficient (Wildman–Crippen LogP) is 1.26. The number of aromatic nitrogens is 2. The molecule has 15 heavy (non-hydrogen) atoms. The standard InChI is InChI=1S/C11H16N4/c12-4-1-7-15-9-11(8-14-15)10-2-5-13-6-3-10/h8-10,13H,1-3,5-7H2. The highest BCUT2D eigenvalue weighted by atomic mass is 15.3. The molecule has 1 aliphatic rings. The van der Waals surface area contributed by atoms with Crippen molar-refractivity contribution in [3.63, 3.8) is 0 Å². The third-order valence-corrected chi connectivity index (χ3v) is 2.92. The highest BCUT2D eigenvalue weighted by molar-refractivity contribution is 5.12. The fraction of sp³-hybridized carbons (Fsp3) is 0.636. The van der Waals surface area contributed by atoms with E-state index in [2.05, 4.69) is 22.7 Å². The van der Waals surface area contributed by atoms with E-state index in [9.17, 15) is 0 Å². The van der Waals surface area contributed by atoms with Crippen LogP contribution in [0.1, 0.15) is 30.7 Å². The van der Waals surface area contributed by atoms with Gasteiger partial charge in [0.1, 0.15) is 0 Å². The lowest BCUT2D eigenvalue weighted by atomic mass is 9.93. The van der Waals surface area contributed by atoms with Crippen molar-refractivity contribution in [3.05, 3.63) is 18.0 Å². The number of aryl methyl sites for hydroxylation is 1. The van der Waals surface area contributed by atoms with E-state index in [0.717, 1.165) is 13.1 Å². The summed E-state index contributed by atoms with van der Waals surface area (Å²) in [6.45, 7) is 2.92. The summed E-state index contributed by atoms with van der Waals surface area (Å²) >= 11 is 0. The van der Waals surface area contributed by atoms with Gasteiger partial charge in [0.2, 0.25) is 0 Å². The Morgan fingerprint density at radius 1 is 1.53 bits per heavy atom. The Bertz CT molecular complexity index is 344. The molecule has 1 fully saturated rings. The summed E-state index contributed by atoms with van der Waals surface area (Å²) in [7, 11) is 0. The van der Waals surface area contributed by atoms with Gasteiger partial charge in [-0.25, -0.2) is 0 Å². The molecule has 1 saturated heterocycles. The molecule has 0 spiro atoms. The molecule has 0 amide bonds. The number of rotatable bonds is 3. The van der Waals surface area contributed by atoms with Crippen LogP contribution in [-0.2, 0) is 6.54 Å². The first kappa shape index (κ1) is 10.2. The van der Waals surface area contributed by atoms with E-state index in [1.165, 1.54) is 18.4 Å². The van der Waals surface area contributed by atoms with Gasteiger partial charge in [-0.2, -0.15) is 10.4 Å². The molecule has 1 N–H and O–H groups in total. The van der Waals surface area contributed by atoms with Crippen molar-refractivity contribution >= 4 is 0 Å². The number of nitrogens with zero attached hydrogens (tertiary/aromatic N) is 3. The lowest BCUT2D eigenvalue weighted by Crippen LogP contribution is -2.26. The quantitative estimate of drug-likeness (QED) is 0.806. The molecule has 0 unspecified atom stereocenters. The molecule has 0 aliphatic carbocycles. The van der Waals surface area contributed by atoms with Crippen LogP contribution in [-0.4, -0.2) is 22.9 Å². The zero-order valence-electron chi connectivity index (χ0n) is 8.82. The second kappa shape index (κ2) is 4.94. The molecule has 80 valence electrons. The predicted molar refractivity (Wildman–Crippen MR) is 57.3 cm³/mol. The fourth-order valence-corrected chi connectivity index (χ4v) is 2.03. The van der Waals surface area contributed by atoms with Gasteiger partial charge in [-0.05, 0) is 37.4 Å². The van der Waals surface area contributed by atoms with Crippen LogP contribution in [0, 0.1) is 11.3 Å². The molecule has 1 aromatic rings. The van der Waals surface area contributed by atoms with Gasteiger partial charge in [0, 0.05) is 6.20 Å². The van der Waals surface area contributed by atoms with Crippen LogP contribution in [0.2, 0.25) is 0 Å². The first-order chi connectivity index (χ1) is 7.40. The Kier molecular flexibility index (Phi) is 3.36. The maximum atomic E-state index is 8.48. The minimum Gasteiger partial charge on any atom is -0.317 e. The first-order valence-electron chi connectivity index (χ1n) is 5.50. The lowest BCUT2D eigenvalue weighted by molar-refractivity contribution is 0.460. The highest BCUT2D eigenvalue weighted by Crippen LogP contribution is 2.24. The van der Waals surface area contributed by atoms with Gasteiger partial charge >= 0.3 is 0 Å². The summed E-state index contributed by atoms with van der Waals surface area (Å²) in [4.78, 5) is 0. The van der Waals surface area contributed by atoms with E-state index < -0.39 is 0 Å². The molecule has 0 atom stereocenters. The first-order valence-corrected chi connectivity index (χ1v) is 5.50. The Labute approximate surface area is 89.9 Å². The average molecular weight is 204 g/mol. The molecule has 1 aromatic heterocycles. The van der Waals surface area contributed by atoms with Crippen molar-refractivity contribution in [1.29, 1.82) is 5.26 Å². The van der Waals surface area contributed by atoms with Crippen LogP contribution in [0.15, 0.2) is 12.4 Å². The van der Waals surface area contributed by atoms with Gasteiger partial charge in [0.05, 0.1) is 25.2 Å². The topological polar surface area (TPSA) is 53.6 Å². The van der Waals surface area contributed by atoms with E-state index in [1.807, 2.05) is 10.9 Å². The lowest BCUT2D eigenvalue weighted by Gasteiger charge is -2.21. The van der Waals surface area contributed by atoms with E-state index >= 15 is 0 Å². The Morgan fingerprint density at radius 2 is 2.33 bits per heavy atom.